The zero-order chi connectivity index (χ0) is 17.6. The third kappa shape index (κ3) is 2.74. The second-order valence-corrected chi connectivity index (χ2v) is 7.58. The first-order valence-electron chi connectivity index (χ1n) is 8.95. The number of imidazole rings is 1. The summed E-state index contributed by atoms with van der Waals surface area (Å²) in [4.78, 5) is 4.71. The van der Waals surface area contributed by atoms with Gasteiger partial charge in [-0.15, -0.1) is 0 Å². The van der Waals surface area contributed by atoms with Gasteiger partial charge in [-0.3, -0.25) is 0 Å². The van der Waals surface area contributed by atoms with Crippen LogP contribution in [0.5, 0.6) is 0 Å². The number of aromatic nitrogens is 2. The van der Waals surface area contributed by atoms with Gasteiger partial charge in [0.05, 0.1) is 17.4 Å². The van der Waals surface area contributed by atoms with Crippen LogP contribution in [0.2, 0.25) is 0 Å². The number of nitrogens with zero attached hydrogens (tertiary/aromatic N) is 2. The highest BCUT2D eigenvalue weighted by molar-refractivity contribution is 5.69. The van der Waals surface area contributed by atoms with Gasteiger partial charge in [-0.25, -0.2) is 4.98 Å². The van der Waals surface area contributed by atoms with Gasteiger partial charge in [-0.1, -0.05) is 36.4 Å². The third-order valence-electron chi connectivity index (χ3n) is 5.38. The van der Waals surface area contributed by atoms with E-state index in [1.807, 2.05) is 6.20 Å². The number of nitrogens with one attached hydrogen (secondary N) is 1. The highest BCUT2D eigenvalue weighted by Gasteiger charge is 2.25. The first-order valence-corrected chi connectivity index (χ1v) is 8.95. The summed E-state index contributed by atoms with van der Waals surface area (Å²) in [5, 5.41) is 3.65. The Hall–Kier alpha value is -2.55. The van der Waals surface area contributed by atoms with Crippen LogP contribution < -0.4 is 5.32 Å². The van der Waals surface area contributed by atoms with Crippen LogP contribution in [-0.4, -0.2) is 9.55 Å². The van der Waals surface area contributed by atoms with Crippen LogP contribution in [0, 0.1) is 13.8 Å². The summed E-state index contributed by atoms with van der Waals surface area (Å²) in [6.07, 6.45) is 3.07. The van der Waals surface area contributed by atoms with E-state index >= 15 is 0 Å². The quantitative estimate of drug-likeness (QED) is 0.726. The molecule has 0 unspecified atom stereocenters. The minimum atomic E-state index is -0.174. The Balaban J connectivity index is 1.71. The van der Waals surface area contributed by atoms with Crippen molar-refractivity contribution in [3.05, 3.63) is 70.9 Å². The zero-order valence-electron chi connectivity index (χ0n) is 15.4. The fraction of sp³-hybridized carbons (Fsp3) is 0.318. The molecular formula is C22H25N3. The van der Waals surface area contributed by atoms with Crippen LogP contribution >= 0.6 is 0 Å². The Morgan fingerprint density at radius 2 is 1.76 bits per heavy atom. The lowest BCUT2D eigenvalue weighted by Gasteiger charge is -2.29. The summed E-state index contributed by atoms with van der Waals surface area (Å²) < 4.78 is 2.32. The average Bonchev–Trinajstić information content (AvgIpc) is 2.99. The van der Waals surface area contributed by atoms with Crippen molar-refractivity contribution < 1.29 is 0 Å². The summed E-state index contributed by atoms with van der Waals surface area (Å²) in [7, 11) is 0. The van der Waals surface area contributed by atoms with Gasteiger partial charge < -0.3 is 9.88 Å². The van der Waals surface area contributed by atoms with Crippen molar-refractivity contribution in [2.75, 3.05) is 5.32 Å². The van der Waals surface area contributed by atoms with E-state index in [1.54, 1.807) is 0 Å². The summed E-state index contributed by atoms with van der Waals surface area (Å²) in [6.45, 7) is 9.75. The molecule has 0 bridgehead atoms. The van der Waals surface area contributed by atoms with E-state index in [9.17, 15) is 0 Å². The van der Waals surface area contributed by atoms with E-state index in [0.29, 0.717) is 0 Å². The van der Waals surface area contributed by atoms with Crippen molar-refractivity contribution in [3.63, 3.8) is 0 Å². The van der Waals surface area contributed by atoms with Crippen LogP contribution in [0.4, 0.5) is 5.95 Å². The van der Waals surface area contributed by atoms with E-state index in [0.717, 1.165) is 18.9 Å². The van der Waals surface area contributed by atoms with Crippen LogP contribution in [0.15, 0.2) is 48.7 Å². The van der Waals surface area contributed by atoms with Gasteiger partial charge in [-0.05, 0) is 62.4 Å². The van der Waals surface area contributed by atoms with Gasteiger partial charge in [0.15, 0.2) is 0 Å². The molecule has 0 atom stereocenters. The number of hydrogen-bond donors (Lipinski definition) is 1. The second-order valence-electron chi connectivity index (χ2n) is 7.58. The number of hydrogen-bond acceptors (Lipinski definition) is 2. The minimum absolute atomic E-state index is 0.174. The van der Waals surface area contributed by atoms with E-state index in [-0.39, 0.29) is 5.54 Å². The molecule has 0 spiro atoms. The molecule has 0 saturated carbocycles. The van der Waals surface area contributed by atoms with Gasteiger partial charge in [0.1, 0.15) is 0 Å². The molecule has 3 heteroatoms. The van der Waals surface area contributed by atoms with Crippen molar-refractivity contribution in [3.8, 4) is 11.3 Å². The van der Waals surface area contributed by atoms with Crippen LogP contribution in [0.25, 0.3) is 11.3 Å². The van der Waals surface area contributed by atoms with Crippen LogP contribution in [-0.2, 0) is 18.5 Å². The highest BCUT2D eigenvalue weighted by Crippen LogP contribution is 2.35. The van der Waals surface area contributed by atoms with Gasteiger partial charge in [-0.2, -0.15) is 0 Å². The van der Waals surface area contributed by atoms with E-state index in [4.69, 9.17) is 4.98 Å². The zero-order valence-corrected chi connectivity index (χ0v) is 15.4. The Morgan fingerprint density at radius 1 is 1.04 bits per heavy atom. The minimum Gasteiger partial charge on any atom is -0.347 e. The first kappa shape index (κ1) is 15.9. The van der Waals surface area contributed by atoms with Gasteiger partial charge in [0, 0.05) is 12.1 Å². The van der Waals surface area contributed by atoms with Crippen molar-refractivity contribution in [2.45, 2.75) is 46.2 Å². The molecule has 0 saturated heterocycles. The summed E-state index contributed by atoms with van der Waals surface area (Å²) in [5.41, 5.74) is 7.78. The van der Waals surface area contributed by atoms with Crippen molar-refractivity contribution in [1.29, 1.82) is 0 Å². The van der Waals surface area contributed by atoms with Crippen LogP contribution in [0.3, 0.4) is 0 Å². The predicted octanol–water partition coefficient (Wildman–Crippen LogP) is 5.07. The molecule has 1 aliphatic heterocycles. The normalized spacial score (nSPS) is 13.3. The fourth-order valence-corrected chi connectivity index (χ4v) is 3.68. The number of fused-ring (bicyclic) bond motifs is 3. The lowest BCUT2D eigenvalue weighted by molar-refractivity contribution is 0.584. The van der Waals surface area contributed by atoms with Crippen molar-refractivity contribution in [2.24, 2.45) is 0 Å². The molecule has 2 heterocycles. The molecule has 3 nitrogen and oxygen atoms in total. The first-order chi connectivity index (χ1) is 12.0. The molecule has 4 rings (SSSR count). The molecule has 0 radical (unpaired) electrons. The number of benzene rings is 2. The molecule has 1 aromatic heterocycles. The molecule has 128 valence electrons. The lowest BCUT2D eigenvalue weighted by atomic mass is 9.93. The van der Waals surface area contributed by atoms with Gasteiger partial charge in [0.25, 0.3) is 0 Å². The molecule has 0 aliphatic carbocycles. The number of rotatable bonds is 3. The van der Waals surface area contributed by atoms with Crippen LogP contribution in [0.1, 0.15) is 36.1 Å². The summed E-state index contributed by atoms with van der Waals surface area (Å²) in [6, 6.07) is 15.2. The van der Waals surface area contributed by atoms with Gasteiger partial charge in [0.2, 0.25) is 5.95 Å². The monoisotopic (exact) mass is 331 g/mol. The molecule has 0 amide bonds. The average molecular weight is 331 g/mol. The van der Waals surface area contributed by atoms with E-state index in [2.05, 4.69) is 80.0 Å². The molecule has 2 aromatic carbocycles. The smallest absolute Gasteiger partial charge is 0.203 e. The Kier molecular flexibility index (Phi) is 3.68. The van der Waals surface area contributed by atoms with Crippen molar-refractivity contribution >= 4 is 5.95 Å². The molecular weight excluding hydrogens is 306 g/mol. The predicted molar refractivity (Wildman–Crippen MR) is 104 cm³/mol. The Labute approximate surface area is 149 Å². The maximum Gasteiger partial charge on any atom is 0.203 e. The summed E-state index contributed by atoms with van der Waals surface area (Å²) >= 11 is 0. The largest absolute Gasteiger partial charge is 0.347 e. The Bertz CT molecular complexity index is 920. The van der Waals surface area contributed by atoms with E-state index < -0.39 is 0 Å². The lowest BCUT2D eigenvalue weighted by Crippen LogP contribution is -2.30. The topological polar surface area (TPSA) is 29.9 Å². The Morgan fingerprint density at radius 3 is 2.52 bits per heavy atom. The number of aryl methyl sites for hydroxylation is 3. The van der Waals surface area contributed by atoms with E-state index in [1.165, 1.54) is 33.5 Å². The number of anilines is 1. The maximum absolute atomic E-state index is 4.71. The second kappa shape index (κ2) is 5.76. The third-order valence-corrected chi connectivity index (χ3v) is 5.38. The molecule has 0 fully saturated rings. The molecule has 1 N–H and O–H groups in total. The molecule has 1 aliphatic rings. The highest BCUT2D eigenvalue weighted by atomic mass is 15.2. The summed E-state index contributed by atoms with van der Waals surface area (Å²) in [5.74, 6) is 0.952. The standard InChI is InChI=1S/C22H25N3/c1-15-12-17-10-11-25-20(19(17)13-16(15)2)14-23-21(25)24-22(3,4)18-8-6-5-7-9-18/h5-9,12-14H,10-11H2,1-4H3,(H,23,24). The van der Waals surface area contributed by atoms with Gasteiger partial charge >= 0.3 is 0 Å². The fourth-order valence-electron chi connectivity index (χ4n) is 3.68. The SMILES string of the molecule is Cc1cc2c(cc1C)-c1cnc(NC(C)(C)c3ccccc3)n1CC2. The molecule has 25 heavy (non-hydrogen) atoms. The van der Waals surface area contributed by atoms with Crippen molar-refractivity contribution in [1.82, 2.24) is 9.55 Å². The maximum atomic E-state index is 4.71. The molecule has 3 aromatic rings.